The number of aliphatic hydroxyl groups excluding tert-OH is 1. The molecule has 0 aromatic carbocycles. The van der Waals surface area contributed by atoms with Crippen molar-refractivity contribution in [2.75, 3.05) is 13.6 Å². The molecule has 0 aromatic heterocycles. The smallest absolute Gasteiger partial charge is 0.309 e. The largest absolute Gasteiger partial charge is 0.481 e. The molecule has 1 saturated carbocycles. The van der Waals surface area contributed by atoms with Crippen molar-refractivity contribution in [1.29, 1.82) is 0 Å². The van der Waals surface area contributed by atoms with Gasteiger partial charge in [-0.3, -0.25) is 4.79 Å². The third-order valence-corrected chi connectivity index (χ3v) is 4.66. The average Bonchev–Trinajstić information content (AvgIpc) is 2.68. The molecule has 1 atom stereocenters. The van der Waals surface area contributed by atoms with Crippen molar-refractivity contribution in [3.63, 3.8) is 0 Å². The fourth-order valence-electron chi connectivity index (χ4n) is 3.35. The lowest BCUT2D eigenvalue weighted by Gasteiger charge is -2.38. The van der Waals surface area contributed by atoms with E-state index in [4.69, 9.17) is 0 Å². The van der Waals surface area contributed by atoms with E-state index in [0.717, 1.165) is 19.4 Å². The number of carboxylic acid groups (broad SMARTS) is 1. The third kappa shape index (κ3) is 2.63. The molecule has 4 heteroatoms. The molecule has 1 saturated heterocycles. The van der Waals surface area contributed by atoms with Gasteiger partial charge in [-0.1, -0.05) is 0 Å². The normalized spacial score (nSPS) is 39.4. The maximum atomic E-state index is 11.6. The summed E-state index contributed by atoms with van der Waals surface area (Å²) in [4.78, 5) is 13.9. The SMILES string of the molecule is CN1CCCC1CC1(C(=O)O)CCC(O)CC1. The molecule has 0 radical (unpaired) electrons. The summed E-state index contributed by atoms with van der Waals surface area (Å²) in [5.41, 5.74) is -0.581. The Morgan fingerprint density at radius 1 is 1.35 bits per heavy atom. The first-order valence-corrected chi connectivity index (χ1v) is 6.65. The van der Waals surface area contributed by atoms with E-state index < -0.39 is 11.4 Å². The molecule has 1 aliphatic carbocycles. The third-order valence-electron chi connectivity index (χ3n) is 4.66. The van der Waals surface area contributed by atoms with Crippen molar-refractivity contribution in [2.45, 2.75) is 57.1 Å². The van der Waals surface area contributed by atoms with Crippen LogP contribution in [0.1, 0.15) is 44.9 Å². The Morgan fingerprint density at radius 3 is 2.47 bits per heavy atom. The van der Waals surface area contributed by atoms with Crippen LogP contribution in [0.2, 0.25) is 0 Å². The molecule has 0 amide bonds. The monoisotopic (exact) mass is 241 g/mol. The molecule has 1 aliphatic heterocycles. The van der Waals surface area contributed by atoms with Gasteiger partial charge in [-0.2, -0.15) is 0 Å². The quantitative estimate of drug-likeness (QED) is 0.785. The van der Waals surface area contributed by atoms with Crippen LogP contribution in [-0.4, -0.2) is 46.8 Å². The first-order chi connectivity index (χ1) is 8.03. The summed E-state index contributed by atoms with van der Waals surface area (Å²) >= 11 is 0. The number of carboxylic acids is 1. The number of hydrogen-bond donors (Lipinski definition) is 2. The Kier molecular flexibility index (Phi) is 3.73. The van der Waals surface area contributed by atoms with Gasteiger partial charge in [0.25, 0.3) is 0 Å². The Bertz CT molecular complexity index is 284. The highest BCUT2D eigenvalue weighted by Crippen LogP contribution is 2.42. The van der Waals surface area contributed by atoms with Crippen LogP contribution in [0, 0.1) is 5.41 Å². The number of aliphatic carboxylic acids is 1. The predicted octanol–water partition coefficient (Wildman–Crippen LogP) is 1.48. The second kappa shape index (κ2) is 4.94. The zero-order valence-corrected chi connectivity index (χ0v) is 10.6. The summed E-state index contributed by atoms with van der Waals surface area (Å²) in [6, 6.07) is 0.418. The highest BCUT2D eigenvalue weighted by Gasteiger charge is 2.44. The van der Waals surface area contributed by atoms with Crippen LogP contribution in [0.4, 0.5) is 0 Å². The molecule has 1 heterocycles. The zero-order chi connectivity index (χ0) is 12.5. The van der Waals surface area contributed by atoms with Gasteiger partial charge in [0.2, 0.25) is 0 Å². The Balaban J connectivity index is 2.04. The number of rotatable bonds is 3. The summed E-state index contributed by atoms with van der Waals surface area (Å²) in [6.07, 6.45) is 5.32. The fraction of sp³-hybridized carbons (Fsp3) is 0.923. The van der Waals surface area contributed by atoms with Gasteiger partial charge in [-0.25, -0.2) is 0 Å². The lowest BCUT2D eigenvalue weighted by Crippen LogP contribution is -2.42. The van der Waals surface area contributed by atoms with Crippen LogP contribution in [0.15, 0.2) is 0 Å². The number of likely N-dealkylation sites (tertiary alicyclic amines) is 1. The lowest BCUT2D eigenvalue weighted by molar-refractivity contribution is -0.153. The second-order valence-electron chi connectivity index (χ2n) is 5.80. The lowest BCUT2D eigenvalue weighted by atomic mass is 9.69. The number of carbonyl (C=O) groups is 1. The van der Waals surface area contributed by atoms with Crippen molar-refractivity contribution in [1.82, 2.24) is 4.90 Å². The minimum absolute atomic E-state index is 0.288. The molecule has 2 fully saturated rings. The maximum Gasteiger partial charge on any atom is 0.309 e. The highest BCUT2D eigenvalue weighted by molar-refractivity contribution is 5.74. The van der Waals surface area contributed by atoms with E-state index in [1.165, 1.54) is 6.42 Å². The summed E-state index contributed by atoms with van der Waals surface area (Å²) in [7, 11) is 2.09. The van der Waals surface area contributed by atoms with E-state index in [0.29, 0.717) is 31.7 Å². The molecule has 1 unspecified atom stereocenters. The highest BCUT2D eigenvalue weighted by atomic mass is 16.4. The van der Waals surface area contributed by atoms with Crippen molar-refractivity contribution in [3.8, 4) is 0 Å². The van der Waals surface area contributed by atoms with E-state index in [9.17, 15) is 15.0 Å². The molecule has 0 spiro atoms. The van der Waals surface area contributed by atoms with Crippen molar-refractivity contribution in [3.05, 3.63) is 0 Å². The zero-order valence-electron chi connectivity index (χ0n) is 10.6. The topological polar surface area (TPSA) is 60.8 Å². The van der Waals surface area contributed by atoms with Gasteiger partial charge in [0.1, 0.15) is 0 Å². The Morgan fingerprint density at radius 2 is 2.00 bits per heavy atom. The minimum Gasteiger partial charge on any atom is -0.481 e. The van der Waals surface area contributed by atoms with E-state index >= 15 is 0 Å². The summed E-state index contributed by atoms with van der Waals surface area (Å²) in [6.45, 7) is 1.09. The van der Waals surface area contributed by atoms with E-state index in [2.05, 4.69) is 11.9 Å². The van der Waals surface area contributed by atoms with Crippen molar-refractivity contribution < 1.29 is 15.0 Å². The van der Waals surface area contributed by atoms with E-state index in [-0.39, 0.29) is 6.10 Å². The van der Waals surface area contributed by atoms with Crippen LogP contribution in [0.3, 0.4) is 0 Å². The molecular weight excluding hydrogens is 218 g/mol. The summed E-state index contributed by atoms with van der Waals surface area (Å²) in [5, 5.41) is 19.1. The van der Waals surface area contributed by atoms with Crippen LogP contribution >= 0.6 is 0 Å². The molecule has 0 bridgehead atoms. The van der Waals surface area contributed by atoms with Gasteiger partial charge in [0.05, 0.1) is 11.5 Å². The van der Waals surface area contributed by atoms with Crippen LogP contribution in [0.5, 0.6) is 0 Å². The second-order valence-corrected chi connectivity index (χ2v) is 5.80. The number of nitrogens with zero attached hydrogens (tertiary/aromatic N) is 1. The van der Waals surface area contributed by atoms with Crippen molar-refractivity contribution >= 4 is 5.97 Å². The van der Waals surface area contributed by atoms with Gasteiger partial charge in [-0.05, 0) is 58.5 Å². The van der Waals surface area contributed by atoms with Gasteiger partial charge in [0, 0.05) is 6.04 Å². The van der Waals surface area contributed by atoms with Crippen LogP contribution < -0.4 is 0 Å². The van der Waals surface area contributed by atoms with E-state index in [1.54, 1.807) is 0 Å². The Labute approximate surface area is 103 Å². The van der Waals surface area contributed by atoms with Crippen molar-refractivity contribution in [2.24, 2.45) is 5.41 Å². The molecule has 2 aliphatic rings. The molecule has 2 rings (SSSR count). The first-order valence-electron chi connectivity index (χ1n) is 6.65. The number of hydrogen-bond acceptors (Lipinski definition) is 3. The van der Waals surface area contributed by atoms with Crippen LogP contribution in [-0.2, 0) is 4.79 Å². The summed E-state index contributed by atoms with van der Waals surface area (Å²) in [5.74, 6) is -0.662. The number of aliphatic hydroxyl groups is 1. The predicted molar refractivity (Wildman–Crippen MR) is 64.8 cm³/mol. The maximum absolute atomic E-state index is 11.6. The molecular formula is C13H23NO3. The molecule has 4 nitrogen and oxygen atoms in total. The first kappa shape index (κ1) is 12.8. The summed E-state index contributed by atoms with van der Waals surface area (Å²) < 4.78 is 0. The van der Waals surface area contributed by atoms with Gasteiger partial charge < -0.3 is 15.1 Å². The molecule has 0 aromatic rings. The van der Waals surface area contributed by atoms with Gasteiger partial charge in [0.15, 0.2) is 0 Å². The standard InChI is InChI=1S/C13H23NO3/c1-14-8-2-3-10(14)9-13(12(16)17)6-4-11(15)5-7-13/h10-11,15H,2-9H2,1H3,(H,16,17). The Hall–Kier alpha value is -0.610. The fourth-order valence-corrected chi connectivity index (χ4v) is 3.35. The average molecular weight is 241 g/mol. The van der Waals surface area contributed by atoms with Gasteiger partial charge >= 0.3 is 5.97 Å². The van der Waals surface area contributed by atoms with Gasteiger partial charge in [-0.15, -0.1) is 0 Å². The minimum atomic E-state index is -0.662. The van der Waals surface area contributed by atoms with Crippen LogP contribution in [0.25, 0.3) is 0 Å². The molecule has 98 valence electrons. The molecule has 2 N–H and O–H groups in total. The molecule has 17 heavy (non-hydrogen) atoms. The van der Waals surface area contributed by atoms with E-state index in [1.807, 2.05) is 0 Å².